The fourth-order valence-corrected chi connectivity index (χ4v) is 3.56. The summed E-state index contributed by atoms with van der Waals surface area (Å²) in [7, 11) is 1.41. The van der Waals surface area contributed by atoms with Gasteiger partial charge in [0.05, 0.1) is 26.4 Å². The zero-order valence-corrected chi connectivity index (χ0v) is 15.3. The van der Waals surface area contributed by atoms with Gasteiger partial charge in [0.25, 0.3) is 0 Å². The minimum Gasteiger partial charge on any atom is -0.486 e. The Labute approximate surface area is 158 Å². The summed E-state index contributed by atoms with van der Waals surface area (Å²) in [5.41, 5.74) is 3.24. The molecule has 0 aromatic heterocycles. The number of hydrogen-bond acceptors (Lipinski definition) is 6. The number of methoxy groups -OCH3 is 1. The zero-order valence-electron chi connectivity index (χ0n) is 15.3. The maximum Gasteiger partial charge on any atom is 0.323 e. The monoisotopic (exact) mass is 369 g/mol. The van der Waals surface area contributed by atoms with Crippen LogP contribution in [0.2, 0.25) is 0 Å². The number of fused-ring (bicyclic) bond motifs is 2. The molecule has 2 unspecified atom stereocenters. The smallest absolute Gasteiger partial charge is 0.323 e. The maximum absolute atomic E-state index is 12.1. The van der Waals surface area contributed by atoms with Crippen LogP contribution in [-0.2, 0) is 27.3 Å². The van der Waals surface area contributed by atoms with Crippen LogP contribution in [0.25, 0.3) is 0 Å². The molecule has 6 nitrogen and oxygen atoms in total. The predicted molar refractivity (Wildman–Crippen MR) is 98.9 cm³/mol. The fourth-order valence-electron chi connectivity index (χ4n) is 3.56. The molecule has 2 atom stereocenters. The van der Waals surface area contributed by atoms with Crippen molar-refractivity contribution in [3.8, 4) is 11.5 Å². The Kier molecular flexibility index (Phi) is 5.27. The molecule has 4 rings (SSSR count). The minimum atomic E-state index is -0.407. The van der Waals surface area contributed by atoms with E-state index in [1.807, 2.05) is 42.5 Å². The first-order valence-corrected chi connectivity index (χ1v) is 9.12. The van der Waals surface area contributed by atoms with Crippen molar-refractivity contribution in [1.82, 2.24) is 5.32 Å². The van der Waals surface area contributed by atoms with Crippen molar-refractivity contribution in [2.75, 3.05) is 26.9 Å². The number of rotatable bonds is 5. The van der Waals surface area contributed by atoms with Crippen LogP contribution in [0.4, 0.5) is 0 Å². The van der Waals surface area contributed by atoms with Crippen molar-refractivity contribution >= 4 is 5.97 Å². The van der Waals surface area contributed by atoms with Crippen molar-refractivity contribution in [1.29, 1.82) is 0 Å². The normalized spacial score (nSPS) is 20.6. The van der Waals surface area contributed by atoms with Crippen molar-refractivity contribution < 1.29 is 23.7 Å². The molecule has 0 radical (unpaired) electrons. The van der Waals surface area contributed by atoms with Crippen LogP contribution in [0.3, 0.4) is 0 Å². The molecular weight excluding hydrogens is 346 g/mol. The quantitative estimate of drug-likeness (QED) is 0.817. The summed E-state index contributed by atoms with van der Waals surface area (Å²) < 4.78 is 22.3. The van der Waals surface area contributed by atoms with Gasteiger partial charge in [0.1, 0.15) is 19.3 Å². The molecule has 0 amide bonds. The van der Waals surface area contributed by atoms with E-state index in [9.17, 15) is 4.79 Å². The highest BCUT2D eigenvalue weighted by atomic mass is 16.6. The van der Waals surface area contributed by atoms with Crippen LogP contribution in [0.15, 0.2) is 42.5 Å². The number of esters is 1. The van der Waals surface area contributed by atoms with Gasteiger partial charge < -0.3 is 18.9 Å². The number of ether oxygens (including phenoxy) is 4. The van der Waals surface area contributed by atoms with Gasteiger partial charge in [-0.2, -0.15) is 0 Å². The van der Waals surface area contributed by atoms with Crippen molar-refractivity contribution in [3.63, 3.8) is 0 Å². The third-order valence-corrected chi connectivity index (χ3v) is 4.89. The lowest BCUT2D eigenvalue weighted by molar-refractivity contribution is -0.143. The van der Waals surface area contributed by atoms with Crippen LogP contribution in [-0.4, -0.2) is 38.9 Å². The summed E-state index contributed by atoms with van der Waals surface area (Å²) in [5, 5.41) is 3.36. The van der Waals surface area contributed by atoms with E-state index >= 15 is 0 Å². The van der Waals surface area contributed by atoms with Crippen LogP contribution in [0.1, 0.15) is 22.7 Å². The van der Waals surface area contributed by atoms with Crippen LogP contribution < -0.4 is 14.8 Å². The van der Waals surface area contributed by atoms with Crippen molar-refractivity contribution in [2.45, 2.75) is 25.1 Å². The Bertz CT molecular complexity index is 808. The molecule has 142 valence electrons. The Morgan fingerprint density at radius 3 is 2.63 bits per heavy atom. The van der Waals surface area contributed by atoms with E-state index in [2.05, 4.69) is 5.32 Å². The van der Waals surface area contributed by atoms with E-state index in [4.69, 9.17) is 18.9 Å². The number of hydrogen-bond donors (Lipinski definition) is 1. The summed E-state index contributed by atoms with van der Waals surface area (Å²) in [6.07, 6.45) is 0.549. The van der Waals surface area contributed by atoms with Gasteiger partial charge in [-0.05, 0) is 35.2 Å². The molecular formula is C21H23NO5. The van der Waals surface area contributed by atoms with E-state index in [1.54, 1.807) is 0 Å². The van der Waals surface area contributed by atoms with Gasteiger partial charge in [-0.25, -0.2) is 0 Å². The first-order chi connectivity index (χ1) is 13.2. The molecule has 6 heteroatoms. The molecule has 27 heavy (non-hydrogen) atoms. The van der Waals surface area contributed by atoms with Gasteiger partial charge in [-0.15, -0.1) is 0 Å². The fraction of sp³-hybridized carbons (Fsp3) is 0.381. The molecule has 1 N–H and O–H groups in total. The lowest BCUT2D eigenvalue weighted by Crippen LogP contribution is -2.46. The number of carbonyl (C=O) groups excluding carboxylic acids is 1. The van der Waals surface area contributed by atoms with Gasteiger partial charge in [-0.3, -0.25) is 10.1 Å². The van der Waals surface area contributed by atoms with Crippen LogP contribution >= 0.6 is 0 Å². The zero-order chi connectivity index (χ0) is 18.6. The summed E-state index contributed by atoms with van der Waals surface area (Å²) in [4.78, 5) is 12.1. The number of nitrogens with one attached hydrogen (secondary N) is 1. The lowest BCUT2D eigenvalue weighted by Gasteiger charge is -2.33. The Hall–Kier alpha value is -2.57. The van der Waals surface area contributed by atoms with Crippen LogP contribution in [0.5, 0.6) is 11.5 Å². The van der Waals surface area contributed by atoms with Gasteiger partial charge >= 0.3 is 5.97 Å². The minimum absolute atomic E-state index is 0.127. The van der Waals surface area contributed by atoms with Crippen LogP contribution in [0, 0.1) is 0 Å². The maximum atomic E-state index is 12.1. The highest BCUT2D eigenvalue weighted by Gasteiger charge is 2.33. The van der Waals surface area contributed by atoms with Gasteiger partial charge in [-0.1, -0.05) is 30.3 Å². The van der Waals surface area contributed by atoms with Crippen molar-refractivity contribution in [3.05, 3.63) is 59.2 Å². The average Bonchev–Trinajstić information content (AvgIpc) is 2.72. The summed E-state index contributed by atoms with van der Waals surface area (Å²) in [6, 6.07) is 13.5. The SMILES string of the molecule is COC(=O)C1Cc2cc3c(cc2C(COCc2ccccc2)N1)OCCO3. The highest BCUT2D eigenvalue weighted by molar-refractivity contribution is 5.77. The van der Waals surface area contributed by atoms with E-state index < -0.39 is 6.04 Å². The highest BCUT2D eigenvalue weighted by Crippen LogP contribution is 2.38. The Morgan fingerprint density at radius 1 is 1.15 bits per heavy atom. The van der Waals surface area contributed by atoms with E-state index in [1.165, 1.54) is 7.11 Å². The molecule has 2 aromatic rings. The molecule has 2 aliphatic heterocycles. The largest absolute Gasteiger partial charge is 0.486 e. The first-order valence-electron chi connectivity index (χ1n) is 9.12. The molecule has 2 aromatic carbocycles. The summed E-state index contributed by atoms with van der Waals surface area (Å²) in [5.74, 6) is 1.20. The average molecular weight is 369 g/mol. The molecule has 0 bridgehead atoms. The van der Waals surface area contributed by atoms with Crippen molar-refractivity contribution in [2.24, 2.45) is 0 Å². The Balaban J connectivity index is 1.54. The lowest BCUT2D eigenvalue weighted by atomic mass is 9.89. The molecule has 0 spiro atoms. The second-order valence-electron chi connectivity index (χ2n) is 6.69. The van der Waals surface area contributed by atoms with E-state index in [0.717, 1.165) is 28.2 Å². The summed E-state index contributed by atoms with van der Waals surface area (Å²) >= 11 is 0. The van der Waals surface area contributed by atoms with E-state index in [-0.39, 0.29) is 12.0 Å². The number of carbonyl (C=O) groups is 1. The Morgan fingerprint density at radius 2 is 1.89 bits per heavy atom. The second-order valence-corrected chi connectivity index (χ2v) is 6.69. The molecule has 2 heterocycles. The third kappa shape index (κ3) is 3.91. The van der Waals surface area contributed by atoms with Gasteiger partial charge in [0.15, 0.2) is 11.5 Å². The van der Waals surface area contributed by atoms with Gasteiger partial charge in [0, 0.05) is 0 Å². The topological polar surface area (TPSA) is 66.0 Å². The third-order valence-electron chi connectivity index (χ3n) is 4.89. The second kappa shape index (κ2) is 7.98. The van der Waals surface area contributed by atoms with Gasteiger partial charge in [0.2, 0.25) is 0 Å². The molecule has 0 aliphatic carbocycles. The number of benzene rings is 2. The summed E-state index contributed by atoms with van der Waals surface area (Å²) in [6.45, 7) is 2.03. The predicted octanol–water partition coefficient (Wildman–Crippen LogP) is 2.40. The van der Waals surface area contributed by atoms with E-state index in [0.29, 0.717) is 32.8 Å². The standard InChI is InChI=1S/C21H23NO5/c1-24-21(23)17-9-15-10-19-20(27-8-7-26-19)11-16(15)18(22-17)13-25-12-14-5-3-2-4-6-14/h2-6,10-11,17-18,22H,7-9,12-13H2,1H3. The molecule has 0 fully saturated rings. The molecule has 0 saturated heterocycles. The first kappa shape index (κ1) is 17.8. The molecule has 2 aliphatic rings. The molecule has 0 saturated carbocycles.